The van der Waals surface area contributed by atoms with Crippen LogP contribution in [0.4, 0.5) is 0 Å². The fourth-order valence-electron chi connectivity index (χ4n) is 3.42. The van der Waals surface area contributed by atoms with E-state index in [1.54, 1.807) is 12.5 Å². The first-order valence-corrected chi connectivity index (χ1v) is 6.25. The van der Waals surface area contributed by atoms with Crippen molar-refractivity contribution >= 4 is 5.78 Å². The monoisotopic (exact) mass is 206 g/mol. The van der Waals surface area contributed by atoms with Crippen LogP contribution in [0.15, 0.2) is 11.6 Å². The van der Waals surface area contributed by atoms with Crippen LogP contribution in [0, 0.1) is 17.3 Å². The molecule has 0 aromatic rings. The van der Waals surface area contributed by atoms with Gasteiger partial charge >= 0.3 is 0 Å². The van der Waals surface area contributed by atoms with E-state index in [1.165, 1.54) is 25.7 Å². The molecular weight excluding hydrogens is 184 g/mol. The standard InChI is InChI=1S/C14H22O/c1-10-5-4-7-14(3)8-6-12(11(2)15)9-13(10)14/h9-10,12H,4-8H2,1-3H3/t10-,12?,14+/m1/s1. The third kappa shape index (κ3) is 1.89. The maximum Gasteiger partial charge on any atom is 0.136 e. The number of hydrogen-bond donors (Lipinski definition) is 0. The first-order valence-electron chi connectivity index (χ1n) is 6.25. The van der Waals surface area contributed by atoms with Gasteiger partial charge in [-0.2, -0.15) is 0 Å². The van der Waals surface area contributed by atoms with Crippen molar-refractivity contribution in [1.29, 1.82) is 0 Å². The molecule has 1 saturated carbocycles. The quantitative estimate of drug-likeness (QED) is 0.597. The first kappa shape index (κ1) is 10.9. The zero-order chi connectivity index (χ0) is 11.1. The molecule has 2 aliphatic carbocycles. The summed E-state index contributed by atoms with van der Waals surface area (Å²) in [5, 5.41) is 0. The average molecular weight is 206 g/mol. The molecule has 2 rings (SSSR count). The molecule has 0 amide bonds. The Labute approximate surface area is 92.9 Å². The van der Waals surface area contributed by atoms with Gasteiger partial charge in [0.15, 0.2) is 0 Å². The van der Waals surface area contributed by atoms with Crippen molar-refractivity contribution in [3.63, 3.8) is 0 Å². The van der Waals surface area contributed by atoms with Gasteiger partial charge in [0.25, 0.3) is 0 Å². The Morgan fingerprint density at radius 1 is 1.40 bits per heavy atom. The van der Waals surface area contributed by atoms with Crippen molar-refractivity contribution in [2.75, 3.05) is 0 Å². The highest BCUT2D eigenvalue weighted by atomic mass is 16.1. The molecule has 0 bridgehead atoms. The van der Waals surface area contributed by atoms with E-state index < -0.39 is 0 Å². The van der Waals surface area contributed by atoms with Crippen LogP contribution in [0.3, 0.4) is 0 Å². The number of fused-ring (bicyclic) bond motifs is 1. The second kappa shape index (κ2) is 3.77. The minimum Gasteiger partial charge on any atom is -0.299 e. The zero-order valence-electron chi connectivity index (χ0n) is 10.2. The molecule has 0 saturated heterocycles. The summed E-state index contributed by atoms with van der Waals surface area (Å²) in [6, 6.07) is 0. The van der Waals surface area contributed by atoms with E-state index in [4.69, 9.17) is 0 Å². The van der Waals surface area contributed by atoms with E-state index in [-0.39, 0.29) is 5.92 Å². The molecule has 1 unspecified atom stereocenters. The normalized spacial score (nSPS) is 40.6. The Morgan fingerprint density at radius 3 is 2.80 bits per heavy atom. The van der Waals surface area contributed by atoms with E-state index in [1.807, 2.05) is 0 Å². The predicted octanol–water partition coefficient (Wildman–Crippen LogP) is 3.74. The average Bonchev–Trinajstić information content (AvgIpc) is 2.17. The molecule has 15 heavy (non-hydrogen) atoms. The van der Waals surface area contributed by atoms with Crippen molar-refractivity contribution in [2.24, 2.45) is 17.3 Å². The van der Waals surface area contributed by atoms with Crippen LogP contribution in [0.2, 0.25) is 0 Å². The van der Waals surface area contributed by atoms with Crippen molar-refractivity contribution in [2.45, 2.75) is 52.9 Å². The van der Waals surface area contributed by atoms with Crippen molar-refractivity contribution in [3.05, 3.63) is 11.6 Å². The van der Waals surface area contributed by atoms with Crippen LogP contribution in [0.5, 0.6) is 0 Å². The van der Waals surface area contributed by atoms with Crippen LogP contribution in [-0.4, -0.2) is 5.78 Å². The van der Waals surface area contributed by atoms with Crippen LogP contribution < -0.4 is 0 Å². The lowest BCUT2D eigenvalue weighted by Crippen LogP contribution is -2.33. The Kier molecular flexibility index (Phi) is 2.74. The summed E-state index contributed by atoms with van der Waals surface area (Å²) in [6.07, 6.45) is 8.59. The summed E-state index contributed by atoms with van der Waals surface area (Å²) in [5.41, 5.74) is 2.00. The Hall–Kier alpha value is -0.590. The van der Waals surface area contributed by atoms with E-state index in [2.05, 4.69) is 19.9 Å². The molecule has 0 aliphatic heterocycles. The zero-order valence-corrected chi connectivity index (χ0v) is 10.2. The van der Waals surface area contributed by atoms with Crippen LogP contribution >= 0.6 is 0 Å². The summed E-state index contributed by atoms with van der Waals surface area (Å²) in [5.74, 6) is 1.27. The fourth-order valence-corrected chi connectivity index (χ4v) is 3.42. The van der Waals surface area contributed by atoms with Gasteiger partial charge in [-0.1, -0.05) is 31.9 Å². The molecule has 1 fully saturated rings. The van der Waals surface area contributed by atoms with Crippen molar-refractivity contribution < 1.29 is 4.79 Å². The summed E-state index contributed by atoms with van der Waals surface area (Å²) in [7, 11) is 0. The SMILES string of the molecule is CC(=O)C1C=C2[C@H](C)CCC[C@@]2(C)CC1. The first-order chi connectivity index (χ1) is 7.03. The maximum atomic E-state index is 11.4. The summed E-state index contributed by atoms with van der Waals surface area (Å²) < 4.78 is 0. The minimum atomic E-state index is 0.216. The largest absolute Gasteiger partial charge is 0.299 e. The number of carbonyl (C=O) groups is 1. The molecule has 1 heteroatoms. The third-order valence-corrected chi connectivity index (χ3v) is 4.50. The fraction of sp³-hybridized carbons (Fsp3) is 0.786. The molecule has 0 N–H and O–H groups in total. The number of Topliss-reactive ketones (excluding diaryl/α,β-unsaturated/α-hetero) is 1. The Balaban J connectivity index is 2.29. The van der Waals surface area contributed by atoms with Crippen molar-refractivity contribution in [1.82, 2.24) is 0 Å². The van der Waals surface area contributed by atoms with Gasteiger partial charge in [0.05, 0.1) is 0 Å². The van der Waals surface area contributed by atoms with E-state index in [0.29, 0.717) is 17.1 Å². The molecule has 0 heterocycles. The summed E-state index contributed by atoms with van der Waals surface area (Å²) in [6.45, 7) is 6.45. The van der Waals surface area contributed by atoms with Gasteiger partial charge < -0.3 is 0 Å². The van der Waals surface area contributed by atoms with Gasteiger partial charge in [0.2, 0.25) is 0 Å². The lowest BCUT2D eigenvalue weighted by molar-refractivity contribution is -0.120. The molecule has 3 atom stereocenters. The second-order valence-corrected chi connectivity index (χ2v) is 5.73. The van der Waals surface area contributed by atoms with Gasteiger partial charge in [-0.15, -0.1) is 0 Å². The van der Waals surface area contributed by atoms with Crippen LogP contribution in [0.25, 0.3) is 0 Å². The van der Waals surface area contributed by atoms with Gasteiger partial charge in [-0.25, -0.2) is 0 Å². The number of ketones is 1. The van der Waals surface area contributed by atoms with E-state index in [0.717, 1.165) is 6.42 Å². The smallest absolute Gasteiger partial charge is 0.136 e. The predicted molar refractivity (Wildman–Crippen MR) is 62.6 cm³/mol. The highest BCUT2D eigenvalue weighted by Crippen LogP contribution is 2.50. The molecule has 0 spiro atoms. The van der Waals surface area contributed by atoms with Crippen molar-refractivity contribution in [3.8, 4) is 0 Å². The van der Waals surface area contributed by atoms with Gasteiger partial charge in [0.1, 0.15) is 5.78 Å². The third-order valence-electron chi connectivity index (χ3n) is 4.50. The van der Waals surface area contributed by atoms with E-state index >= 15 is 0 Å². The molecule has 0 aromatic heterocycles. The van der Waals surface area contributed by atoms with E-state index in [9.17, 15) is 4.79 Å². The molecule has 0 radical (unpaired) electrons. The molecule has 0 aromatic carbocycles. The van der Waals surface area contributed by atoms with Gasteiger partial charge in [0, 0.05) is 5.92 Å². The number of rotatable bonds is 1. The van der Waals surface area contributed by atoms with Crippen LogP contribution in [-0.2, 0) is 4.79 Å². The molecular formula is C14H22O. The topological polar surface area (TPSA) is 17.1 Å². The number of hydrogen-bond acceptors (Lipinski definition) is 1. The highest BCUT2D eigenvalue weighted by molar-refractivity contribution is 5.80. The minimum absolute atomic E-state index is 0.216. The molecule has 1 nitrogen and oxygen atoms in total. The summed E-state index contributed by atoms with van der Waals surface area (Å²) in [4.78, 5) is 11.4. The Bertz CT molecular complexity index is 302. The second-order valence-electron chi connectivity index (χ2n) is 5.73. The molecule has 2 aliphatic rings. The maximum absolute atomic E-state index is 11.4. The number of carbonyl (C=O) groups excluding carboxylic acids is 1. The van der Waals surface area contributed by atoms with Crippen LogP contribution in [0.1, 0.15) is 52.9 Å². The highest BCUT2D eigenvalue weighted by Gasteiger charge is 2.39. The Morgan fingerprint density at radius 2 is 2.13 bits per heavy atom. The number of allylic oxidation sites excluding steroid dienone is 2. The lowest BCUT2D eigenvalue weighted by Gasteiger charge is -2.44. The van der Waals surface area contributed by atoms with Gasteiger partial charge in [-0.05, 0) is 43.9 Å². The molecule has 84 valence electrons. The summed E-state index contributed by atoms with van der Waals surface area (Å²) >= 11 is 0. The van der Waals surface area contributed by atoms with Gasteiger partial charge in [-0.3, -0.25) is 4.79 Å². The lowest BCUT2D eigenvalue weighted by atomic mass is 9.61.